The number of carboxylic acids is 1. The summed E-state index contributed by atoms with van der Waals surface area (Å²) in [5, 5.41) is 12.4. The number of benzene rings is 2. The van der Waals surface area contributed by atoms with Crippen molar-refractivity contribution in [2.45, 2.75) is 43.2 Å². The molecule has 5 rings (SSSR count). The lowest BCUT2D eigenvalue weighted by Crippen LogP contribution is -2.62. The summed E-state index contributed by atoms with van der Waals surface area (Å²) in [6.07, 6.45) is 0.959. The number of carbonyl (C=O) groups is 3. The third-order valence-corrected chi connectivity index (χ3v) is 7.86. The number of fused-ring (bicyclic) bond motifs is 3. The van der Waals surface area contributed by atoms with Gasteiger partial charge in [0.15, 0.2) is 0 Å². The molecule has 0 radical (unpaired) electrons. The minimum absolute atomic E-state index is 0.0272. The zero-order valence-electron chi connectivity index (χ0n) is 19.7. The number of carboxylic acid groups (broad SMARTS) is 1. The smallest absolute Gasteiger partial charge is 0.407 e. The minimum atomic E-state index is -1.15. The molecule has 2 amide bonds. The second-order valence-electron chi connectivity index (χ2n) is 9.63. The van der Waals surface area contributed by atoms with Crippen molar-refractivity contribution in [3.8, 4) is 11.1 Å². The zero-order valence-corrected chi connectivity index (χ0v) is 19.7. The van der Waals surface area contributed by atoms with Gasteiger partial charge in [-0.05, 0) is 47.9 Å². The van der Waals surface area contributed by atoms with E-state index in [-0.39, 0.29) is 30.9 Å². The van der Waals surface area contributed by atoms with Gasteiger partial charge in [0.1, 0.15) is 18.2 Å². The van der Waals surface area contributed by atoms with Gasteiger partial charge in [-0.15, -0.1) is 0 Å². The predicted molar refractivity (Wildman–Crippen MR) is 128 cm³/mol. The molecule has 2 atom stereocenters. The minimum Gasteiger partial charge on any atom is -0.479 e. The maximum atomic E-state index is 13.1. The van der Waals surface area contributed by atoms with Crippen LogP contribution in [0.4, 0.5) is 4.79 Å². The van der Waals surface area contributed by atoms with E-state index < -0.39 is 23.7 Å². The van der Waals surface area contributed by atoms with Crippen LogP contribution in [0.1, 0.15) is 42.7 Å². The summed E-state index contributed by atoms with van der Waals surface area (Å²) in [5.74, 6) is -1.59. The van der Waals surface area contributed by atoms with Crippen molar-refractivity contribution >= 4 is 18.0 Å². The van der Waals surface area contributed by atoms with E-state index in [1.165, 1.54) is 11.9 Å². The van der Waals surface area contributed by atoms with E-state index in [2.05, 4.69) is 29.6 Å². The highest BCUT2D eigenvalue weighted by Gasteiger charge is 2.52. The lowest BCUT2D eigenvalue weighted by Gasteiger charge is -2.45. The molecule has 2 unspecified atom stereocenters. The molecule has 1 saturated heterocycles. The number of likely N-dealkylation sites (N-methyl/N-ethyl adjacent to an activating group) is 1. The Morgan fingerprint density at radius 2 is 1.71 bits per heavy atom. The lowest BCUT2D eigenvalue weighted by molar-refractivity contribution is -0.168. The summed E-state index contributed by atoms with van der Waals surface area (Å²) in [6.45, 7) is 0.829. The van der Waals surface area contributed by atoms with Crippen LogP contribution >= 0.6 is 0 Å². The van der Waals surface area contributed by atoms with Crippen LogP contribution < -0.4 is 5.32 Å². The van der Waals surface area contributed by atoms with Gasteiger partial charge in [0.05, 0.1) is 0 Å². The average Bonchev–Trinajstić information content (AvgIpc) is 3.42. The van der Waals surface area contributed by atoms with Crippen molar-refractivity contribution < 1.29 is 29.0 Å². The Kier molecular flexibility index (Phi) is 6.23. The molecule has 8 heteroatoms. The largest absolute Gasteiger partial charge is 0.479 e. The number of nitrogens with zero attached hydrogens (tertiary/aromatic N) is 1. The summed E-state index contributed by atoms with van der Waals surface area (Å²) in [6, 6.07) is 16.3. The first-order valence-electron chi connectivity index (χ1n) is 12.1. The highest BCUT2D eigenvalue weighted by Crippen LogP contribution is 2.44. The fourth-order valence-corrected chi connectivity index (χ4v) is 5.59. The molecule has 2 aliphatic carbocycles. The van der Waals surface area contributed by atoms with Crippen molar-refractivity contribution in [1.29, 1.82) is 0 Å². The molecule has 184 valence electrons. The van der Waals surface area contributed by atoms with Crippen molar-refractivity contribution in [1.82, 2.24) is 10.2 Å². The summed E-state index contributed by atoms with van der Waals surface area (Å²) >= 11 is 0. The summed E-state index contributed by atoms with van der Waals surface area (Å²) < 4.78 is 11.3. The van der Waals surface area contributed by atoms with Gasteiger partial charge in [-0.3, -0.25) is 4.79 Å². The topological polar surface area (TPSA) is 105 Å². The highest BCUT2D eigenvalue weighted by molar-refractivity contribution is 5.90. The van der Waals surface area contributed by atoms with Crippen LogP contribution in [0.5, 0.6) is 0 Å². The van der Waals surface area contributed by atoms with Crippen molar-refractivity contribution in [3.63, 3.8) is 0 Å². The number of ether oxygens (including phenoxy) is 2. The SMILES string of the molecule is CN(C(=O)C1OCCC1CNC(=O)OCC1c2ccccc2-c2ccccc21)C1(C(=O)O)CCC1. The van der Waals surface area contributed by atoms with Gasteiger partial charge in [0.2, 0.25) is 0 Å². The van der Waals surface area contributed by atoms with E-state index >= 15 is 0 Å². The Balaban J connectivity index is 1.17. The van der Waals surface area contributed by atoms with E-state index in [1.54, 1.807) is 0 Å². The summed E-state index contributed by atoms with van der Waals surface area (Å²) in [4.78, 5) is 38.7. The first kappa shape index (κ1) is 23.4. The number of hydrogen-bond donors (Lipinski definition) is 2. The van der Waals surface area contributed by atoms with Crippen LogP contribution in [0.3, 0.4) is 0 Å². The number of nitrogens with one attached hydrogen (secondary N) is 1. The molecule has 3 aliphatic rings. The molecule has 0 spiro atoms. The number of carbonyl (C=O) groups excluding carboxylic acids is 2. The van der Waals surface area contributed by atoms with Gasteiger partial charge in [-0.25, -0.2) is 9.59 Å². The van der Waals surface area contributed by atoms with Crippen molar-refractivity contribution in [3.05, 3.63) is 59.7 Å². The molecular weight excluding hydrogens is 448 g/mol. The molecule has 2 fully saturated rings. The molecule has 1 heterocycles. The Labute approximate surface area is 204 Å². The zero-order chi connectivity index (χ0) is 24.6. The normalized spacial score (nSPS) is 22.0. The Bertz CT molecular complexity index is 1100. The van der Waals surface area contributed by atoms with E-state index in [4.69, 9.17) is 9.47 Å². The molecular formula is C27H30N2O6. The van der Waals surface area contributed by atoms with Gasteiger partial charge >= 0.3 is 12.1 Å². The molecule has 2 N–H and O–H groups in total. The average molecular weight is 479 g/mol. The fourth-order valence-electron chi connectivity index (χ4n) is 5.59. The third kappa shape index (κ3) is 4.05. The van der Waals surface area contributed by atoms with Gasteiger partial charge in [0.25, 0.3) is 5.91 Å². The van der Waals surface area contributed by atoms with Crippen LogP contribution in [0.2, 0.25) is 0 Å². The monoisotopic (exact) mass is 478 g/mol. The molecule has 35 heavy (non-hydrogen) atoms. The van der Waals surface area contributed by atoms with Crippen LogP contribution in [-0.2, 0) is 19.1 Å². The van der Waals surface area contributed by atoms with Crippen molar-refractivity contribution in [2.24, 2.45) is 5.92 Å². The summed E-state index contributed by atoms with van der Waals surface area (Å²) in [7, 11) is 1.54. The third-order valence-electron chi connectivity index (χ3n) is 7.86. The van der Waals surface area contributed by atoms with Crippen LogP contribution in [0.25, 0.3) is 11.1 Å². The predicted octanol–water partition coefficient (Wildman–Crippen LogP) is 3.40. The van der Waals surface area contributed by atoms with Gasteiger partial charge in [-0.2, -0.15) is 0 Å². The second-order valence-corrected chi connectivity index (χ2v) is 9.63. The molecule has 2 aromatic rings. The molecule has 1 aliphatic heterocycles. The first-order chi connectivity index (χ1) is 16.9. The van der Waals surface area contributed by atoms with Crippen molar-refractivity contribution in [2.75, 3.05) is 26.8 Å². The van der Waals surface area contributed by atoms with Gasteiger partial charge < -0.3 is 24.8 Å². The Hall–Kier alpha value is -3.39. The Morgan fingerprint density at radius 3 is 2.29 bits per heavy atom. The molecule has 0 bridgehead atoms. The molecule has 1 saturated carbocycles. The summed E-state index contributed by atoms with van der Waals surface area (Å²) in [5.41, 5.74) is 3.46. The number of alkyl carbamates (subject to hydrolysis) is 1. The number of aliphatic carboxylic acids is 1. The maximum Gasteiger partial charge on any atom is 0.407 e. The lowest BCUT2D eigenvalue weighted by atomic mass is 9.75. The second kappa shape index (κ2) is 9.34. The highest BCUT2D eigenvalue weighted by atomic mass is 16.5. The molecule has 8 nitrogen and oxygen atoms in total. The number of hydrogen-bond acceptors (Lipinski definition) is 5. The fraction of sp³-hybridized carbons (Fsp3) is 0.444. The Morgan fingerprint density at radius 1 is 1.09 bits per heavy atom. The molecule has 0 aromatic heterocycles. The van der Waals surface area contributed by atoms with E-state index in [0.29, 0.717) is 25.9 Å². The van der Waals surface area contributed by atoms with E-state index in [1.807, 2.05) is 24.3 Å². The van der Waals surface area contributed by atoms with E-state index in [9.17, 15) is 19.5 Å². The quantitative estimate of drug-likeness (QED) is 0.632. The van der Waals surface area contributed by atoms with Crippen LogP contribution in [0.15, 0.2) is 48.5 Å². The molecule has 2 aromatic carbocycles. The standard InChI is InChI=1S/C27H30N2O6/c1-29(27(25(31)32)12-6-13-27)24(30)23-17(11-14-34-23)15-28-26(33)35-16-22-20-9-4-2-7-18(20)19-8-3-5-10-21(19)22/h2-5,7-10,17,22-23H,6,11-16H2,1H3,(H,28,33)(H,31,32). The van der Waals surface area contributed by atoms with Gasteiger partial charge in [-0.1, -0.05) is 48.5 Å². The van der Waals surface area contributed by atoms with Crippen LogP contribution in [0, 0.1) is 5.92 Å². The van der Waals surface area contributed by atoms with E-state index in [0.717, 1.165) is 28.7 Å². The first-order valence-corrected chi connectivity index (χ1v) is 12.1. The van der Waals surface area contributed by atoms with Crippen LogP contribution in [-0.4, -0.2) is 66.4 Å². The van der Waals surface area contributed by atoms with Gasteiger partial charge in [0, 0.05) is 32.0 Å². The number of amides is 2. The number of rotatable bonds is 7. The maximum absolute atomic E-state index is 13.1.